The molecule has 32 heavy (non-hydrogen) atoms. The molecule has 1 atom stereocenters. The molecule has 0 aliphatic heterocycles. The van der Waals surface area contributed by atoms with Gasteiger partial charge < -0.3 is 14.2 Å². The van der Waals surface area contributed by atoms with Crippen LogP contribution in [-0.2, 0) is 26.2 Å². The first-order valence-electron chi connectivity index (χ1n) is 10.4. The number of ether oxygens (including phenoxy) is 1. The van der Waals surface area contributed by atoms with Crippen LogP contribution in [0.2, 0.25) is 0 Å². The van der Waals surface area contributed by atoms with Crippen molar-refractivity contribution in [3.8, 4) is 5.75 Å². The summed E-state index contributed by atoms with van der Waals surface area (Å²) in [6, 6.07) is 22.8. The van der Waals surface area contributed by atoms with Gasteiger partial charge in [0, 0.05) is 13.1 Å². The number of nitrogens with one attached hydrogen (secondary N) is 1. The van der Waals surface area contributed by atoms with Gasteiger partial charge >= 0.3 is 16.1 Å². The Labute approximate surface area is 189 Å². The molecular formula is C25H27NO5S. The maximum absolute atomic E-state index is 12.6. The van der Waals surface area contributed by atoms with Gasteiger partial charge in [0.15, 0.2) is 0 Å². The van der Waals surface area contributed by atoms with E-state index < -0.39 is 16.0 Å². The average molecular weight is 454 g/mol. The number of hydrogen-bond donors (Lipinski definition) is 1. The van der Waals surface area contributed by atoms with Gasteiger partial charge in [0.05, 0.1) is 12.5 Å². The molecule has 0 saturated heterocycles. The Morgan fingerprint density at radius 1 is 0.969 bits per heavy atom. The number of carbonyl (C=O) groups is 1. The fourth-order valence-electron chi connectivity index (χ4n) is 3.20. The lowest BCUT2D eigenvalue weighted by Crippen LogP contribution is -2.28. The first-order valence-corrected chi connectivity index (χ1v) is 11.8. The molecule has 0 heterocycles. The molecule has 0 aliphatic rings. The second kappa shape index (κ2) is 10.9. The van der Waals surface area contributed by atoms with Crippen molar-refractivity contribution in [3.05, 3.63) is 95.6 Å². The molecule has 0 amide bonds. The zero-order valence-electron chi connectivity index (χ0n) is 18.2. The van der Waals surface area contributed by atoms with Crippen LogP contribution in [0.15, 0.2) is 83.8 Å². The SMILES string of the molecule is CCOC(=O)C(CNCc1ccccc1)c1cccc(OS(=O)(=O)c2ccc(C)cc2)c1. The molecule has 0 bridgehead atoms. The summed E-state index contributed by atoms with van der Waals surface area (Å²) in [5.74, 6) is -0.851. The van der Waals surface area contributed by atoms with Crippen LogP contribution in [0, 0.1) is 6.92 Å². The van der Waals surface area contributed by atoms with Crippen LogP contribution >= 0.6 is 0 Å². The highest BCUT2D eigenvalue weighted by molar-refractivity contribution is 7.87. The van der Waals surface area contributed by atoms with Gasteiger partial charge in [0.2, 0.25) is 0 Å². The first kappa shape index (κ1) is 23.5. The van der Waals surface area contributed by atoms with Gasteiger partial charge in [0.25, 0.3) is 0 Å². The summed E-state index contributed by atoms with van der Waals surface area (Å²) in [5.41, 5.74) is 2.66. The fraction of sp³-hybridized carbons (Fsp3) is 0.240. The molecule has 6 nitrogen and oxygen atoms in total. The van der Waals surface area contributed by atoms with Gasteiger partial charge in [0.1, 0.15) is 10.6 Å². The molecule has 7 heteroatoms. The van der Waals surface area contributed by atoms with E-state index in [9.17, 15) is 13.2 Å². The topological polar surface area (TPSA) is 81.7 Å². The summed E-state index contributed by atoms with van der Waals surface area (Å²) in [4.78, 5) is 12.7. The van der Waals surface area contributed by atoms with Gasteiger partial charge in [-0.15, -0.1) is 0 Å². The highest BCUT2D eigenvalue weighted by Gasteiger charge is 2.23. The van der Waals surface area contributed by atoms with Crippen molar-refractivity contribution in [2.45, 2.75) is 31.2 Å². The number of carbonyl (C=O) groups excluding carboxylic acids is 1. The van der Waals surface area contributed by atoms with Gasteiger partial charge in [-0.1, -0.05) is 60.2 Å². The minimum atomic E-state index is -3.99. The highest BCUT2D eigenvalue weighted by atomic mass is 32.2. The van der Waals surface area contributed by atoms with E-state index in [-0.39, 0.29) is 23.2 Å². The third kappa shape index (κ3) is 6.42. The van der Waals surface area contributed by atoms with Crippen molar-refractivity contribution in [1.29, 1.82) is 0 Å². The lowest BCUT2D eigenvalue weighted by Gasteiger charge is -2.18. The van der Waals surface area contributed by atoms with Crippen LogP contribution in [0.3, 0.4) is 0 Å². The molecule has 0 aromatic heterocycles. The number of esters is 1. The molecule has 0 aliphatic carbocycles. The van der Waals surface area contributed by atoms with Crippen LogP contribution < -0.4 is 9.50 Å². The largest absolute Gasteiger partial charge is 0.465 e. The molecule has 0 radical (unpaired) electrons. The van der Waals surface area contributed by atoms with Crippen molar-refractivity contribution in [2.75, 3.05) is 13.2 Å². The third-order valence-corrected chi connectivity index (χ3v) is 6.13. The van der Waals surface area contributed by atoms with Crippen molar-refractivity contribution in [1.82, 2.24) is 5.32 Å². The molecule has 0 saturated carbocycles. The third-order valence-electron chi connectivity index (χ3n) is 4.87. The van der Waals surface area contributed by atoms with E-state index in [0.717, 1.165) is 11.1 Å². The number of benzene rings is 3. The second-order valence-corrected chi connectivity index (χ2v) is 8.89. The number of rotatable bonds is 10. The molecule has 3 aromatic carbocycles. The smallest absolute Gasteiger partial charge is 0.339 e. The zero-order chi connectivity index (χ0) is 23.0. The van der Waals surface area contributed by atoms with E-state index >= 15 is 0 Å². The molecule has 1 N–H and O–H groups in total. The van der Waals surface area contributed by atoms with Crippen molar-refractivity contribution >= 4 is 16.1 Å². The Balaban J connectivity index is 1.77. The van der Waals surface area contributed by atoms with Crippen molar-refractivity contribution in [3.63, 3.8) is 0 Å². The van der Waals surface area contributed by atoms with Gasteiger partial charge in [-0.3, -0.25) is 4.79 Å². The maximum atomic E-state index is 12.6. The first-order chi connectivity index (χ1) is 15.4. The van der Waals surface area contributed by atoms with Crippen LogP contribution in [0.5, 0.6) is 5.75 Å². The Kier molecular flexibility index (Phi) is 8.03. The highest BCUT2D eigenvalue weighted by Crippen LogP contribution is 2.25. The van der Waals surface area contributed by atoms with Gasteiger partial charge in [-0.25, -0.2) is 0 Å². The summed E-state index contributed by atoms with van der Waals surface area (Å²) in [7, 11) is -3.99. The Bertz CT molecular complexity index is 1130. The Morgan fingerprint density at radius 2 is 1.69 bits per heavy atom. The monoisotopic (exact) mass is 453 g/mol. The minimum Gasteiger partial charge on any atom is -0.465 e. The normalized spacial score (nSPS) is 12.2. The molecule has 0 spiro atoms. The standard InChI is InChI=1S/C25H27NO5S/c1-3-30-25(27)24(18-26-17-20-8-5-4-6-9-20)21-10-7-11-22(16-21)31-32(28,29)23-14-12-19(2)13-15-23/h4-16,24,26H,3,17-18H2,1-2H3. The van der Waals surface area contributed by atoms with Gasteiger partial charge in [-0.05, 0) is 49.2 Å². The predicted molar refractivity (Wildman–Crippen MR) is 123 cm³/mol. The molecule has 3 rings (SSSR count). The molecule has 0 fully saturated rings. The molecule has 168 valence electrons. The van der Waals surface area contributed by atoms with Crippen LogP contribution in [0.4, 0.5) is 0 Å². The summed E-state index contributed by atoms with van der Waals surface area (Å²) in [5, 5.41) is 3.28. The Hall–Kier alpha value is -3.16. The Morgan fingerprint density at radius 3 is 2.38 bits per heavy atom. The minimum absolute atomic E-state index is 0.0694. The second-order valence-electron chi connectivity index (χ2n) is 7.34. The maximum Gasteiger partial charge on any atom is 0.339 e. The lowest BCUT2D eigenvalue weighted by molar-refractivity contribution is -0.144. The van der Waals surface area contributed by atoms with Crippen molar-refractivity contribution in [2.24, 2.45) is 0 Å². The molecular weight excluding hydrogens is 426 g/mol. The van der Waals surface area contributed by atoms with Crippen LogP contribution in [-0.4, -0.2) is 27.5 Å². The van der Waals surface area contributed by atoms with Crippen LogP contribution in [0.25, 0.3) is 0 Å². The van der Waals surface area contributed by atoms with Crippen molar-refractivity contribution < 1.29 is 22.1 Å². The zero-order valence-corrected chi connectivity index (χ0v) is 19.0. The van der Waals surface area contributed by atoms with Crippen LogP contribution in [0.1, 0.15) is 29.5 Å². The summed E-state index contributed by atoms with van der Waals surface area (Å²) in [6.07, 6.45) is 0. The summed E-state index contributed by atoms with van der Waals surface area (Å²) in [6.45, 7) is 4.81. The summed E-state index contributed by atoms with van der Waals surface area (Å²) < 4.78 is 35.8. The average Bonchev–Trinajstić information content (AvgIpc) is 2.78. The number of hydrogen-bond acceptors (Lipinski definition) is 6. The van der Waals surface area contributed by atoms with Gasteiger partial charge in [-0.2, -0.15) is 8.42 Å². The van der Waals surface area contributed by atoms with E-state index in [4.69, 9.17) is 8.92 Å². The van der Waals surface area contributed by atoms with E-state index in [2.05, 4.69) is 5.32 Å². The van der Waals surface area contributed by atoms with E-state index in [1.165, 1.54) is 12.1 Å². The molecule has 1 unspecified atom stereocenters. The van der Waals surface area contributed by atoms with E-state index in [1.807, 2.05) is 37.3 Å². The number of aryl methyl sites for hydroxylation is 1. The fourth-order valence-corrected chi connectivity index (χ4v) is 4.12. The predicted octanol–water partition coefficient (Wildman–Crippen LogP) is 4.20. The lowest BCUT2D eigenvalue weighted by atomic mass is 9.98. The summed E-state index contributed by atoms with van der Waals surface area (Å²) >= 11 is 0. The molecule has 3 aromatic rings. The van der Waals surface area contributed by atoms with E-state index in [0.29, 0.717) is 18.7 Å². The van der Waals surface area contributed by atoms with E-state index in [1.54, 1.807) is 43.3 Å². The quantitative estimate of drug-likeness (QED) is 0.366.